The van der Waals surface area contributed by atoms with E-state index in [2.05, 4.69) is 11.4 Å². The number of amides is 1. The summed E-state index contributed by atoms with van der Waals surface area (Å²) in [4.78, 5) is 10.4. The number of nitrogens with one attached hydrogen (secondary N) is 1. The zero-order valence-corrected chi connectivity index (χ0v) is 13.7. The second kappa shape index (κ2) is 9.56. The molecule has 1 aromatic rings. The molecular formula is C14H20ClNOPd. The largest absolute Gasteiger partial charge is 2.00 e. The molecule has 0 bridgehead atoms. The molecule has 1 amide bonds. The van der Waals surface area contributed by atoms with E-state index in [-0.39, 0.29) is 31.2 Å². The van der Waals surface area contributed by atoms with E-state index in [1.807, 2.05) is 39.8 Å². The van der Waals surface area contributed by atoms with Crippen LogP contribution in [-0.4, -0.2) is 10.8 Å². The molecule has 1 N–H and O–H groups in total. The molecule has 0 aliphatic carbocycles. The van der Waals surface area contributed by atoms with Gasteiger partial charge >= 0.3 is 20.4 Å². The van der Waals surface area contributed by atoms with E-state index in [1.54, 1.807) is 12.1 Å². The number of carbonyl (C=O) groups excluding carboxylic acids is 1. The summed E-state index contributed by atoms with van der Waals surface area (Å²) in [6, 6.07) is 10.1. The summed E-state index contributed by atoms with van der Waals surface area (Å²) < 4.78 is 0. The fraction of sp³-hybridized carbons (Fsp3) is 0.429. The maximum Gasteiger partial charge on any atom is 2.00 e. The van der Waals surface area contributed by atoms with Crippen LogP contribution in [0.25, 0.3) is 0 Å². The van der Waals surface area contributed by atoms with Gasteiger partial charge in [-0.3, -0.25) is 10.7 Å². The van der Waals surface area contributed by atoms with Crippen LogP contribution < -0.4 is 5.32 Å². The van der Waals surface area contributed by atoms with Crippen LogP contribution in [0.3, 0.4) is 0 Å². The minimum Gasteiger partial charge on any atom is -0.350 e. The summed E-state index contributed by atoms with van der Waals surface area (Å²) in [6.45, 7) is 9.52. The molecule has 0 aromatic heterocycles. The van der Waals surface area contributed by atoms with E-state index in [9.17, 15) is 4.79 Å². The molecule has 0 aliphatic heterocycles. The molecule has 18 heavy (non-hydrogen) atoms. The second-order valence-corrected chi connectivity index (χ2v) is 5.37. The van der Waals surface area contributed by atoms with Gasteiger partial charge in [-0.1, -0.05) is 24.4 Å². The Balaban J connectivity index is 0. The number of rotatable bonds is 2. The van der Waals surface area contributed by atoms with Crippen LogP contribution >= 0.6 is 11.6 Å². The van der Waals surface area contributed by atoms with Crippen molar-refractivity contribution < 1.29 is 25.2 Å². The summed E-state index contributed by atoms with van der Waals surface area (Å²) in [5.74, 6) is 1.19. The average molecular weight is 360 g/mol. The van der Waals surface area contributed by atoms with Gasteiger partial charge in [0.1, 0.15) is 0 Å². The molecule has 0 spiro atoms. The standard InChI is InChI=1S/C8H8NO.C6H12Cl.Pd/c1-7(10)9-8-5-3-2-4-6-8;1-5(2)6(3,4)7;/h2-5H,1H3,(H,9,10);1-4H3;/q2*-1;+2. The smallest absolute Gasteiger partial charge is 0.350 e. The number of carbonyl (C=O) groups is 1. The van der Waals surface area contributed by atoms with E-state index >= 15 is 0 Å². The van der Waals surface area contributed by atoms with Crippen molar-refractivity contribution in [2.24, 2.45) is 0 Å². The Hall–Kier alpha value is -0.358. The molecule has 0 fully saturated rings. The van der Waals surface area contributed by atoms with E-state index in [0.29, 0.717) is 0 Å². The minimum absolute atomic E-state index is 0. The number of alkyl halides is 1. The Bertz CT molecular complexity index is 333. The molecule has 1 rings (SSSR count). The van der Waals surface area contributed by atoms with Crippen molar-refractivity contribution in [2.75, 3.05) is 5.32 Å². The number of hydrogen-bond donors (Lipinski definition) is 1. The third kappa shape index (κ3) is 10.8. The average Bonchev–Trinajstić information content (AvgIpc) is 2.17. The van der Waals surface area contributed by atoms with Crippen LogP contribution in [0, 0.1) is 12.0 Å². The number of para-hydroxylation sites is 1. The van der Waals surface area contributed by atoms with Gasteiger partial charge in [0.2, 0.25) is 5.91 Å². The van der Waals surface area contributed by atoms with Gasteiger partial charge in [0.15, 0.2) is 0 Å². The maximum absolute atomic E-state index is 10.5. The molecule has 0 radical (unpaired) electrons. The van der Waals surface area contributed by atoms with E-state index < -0.39 is 0 Å². The Kier molecular flexibility index (Phi) is 10.6. The third-order valence-corrected chi connectivity index (χ3v) is 2.59. The van der Waals surface area contributed by atoms with Gasteiger partial charge in [0.25, 0.3) is 0 Å². The number of halogens is 1. The predicted octanol–water partition coefficient (Wildman–Crippen LogP) is 4.06. The number of anilines is 1. The van der Waals surface area contributed by atoms with Crippen LogP contribution in [-0.2, 0) is 25.2 Å². The van der Waals surface area contributed by atoms with E-state index in [0.717, 1.165) is 5.69 Å². The van der Waals surface area contributed by atoms with Crippen LogP contribution in [0.15, 0.2) is 24.3 Å². The molecule has 0 heterocycles. The summed E-state index contributed by atoms with van der Waals surface area (Å²) in [6.07, 6.45) is 0. The van der Waals surface area contributed by atoms with Crippen molar-refractivity contribution in [2.45, 2.75) is 39.5 Å². The minimum atomic E-state index is -0.111. The van der Waals surface area contributed by atoms with Crippen LogP contribution in [0.5, 0.6) is 0 Å². The van der Waals surface area contributed by atoms with Gasteiger partial charge in [0, 0.05) is 6.92 Å². The summed E-state index contributed by atoms with van der Waals surface area (Å²) in [7, 11) is 0. The maximum atomic E-state index is 10.5. The topological polar surface area (TPSA) is 29.1 Å². The van der Waals surface area contributed by atoms with Gasteiger partial charge < -0.3 is 5.32 Å². The van der Waals surface area contributed by atoms with Crippen molar-refractivity contribution in [3.05, 3.63) is 36.2 Å². The van der Waals surface area contributed by atoms with Crippen molar-refractivity contribution in [3.8, 4) is 0 Å². The fourth-order valence-corrected chi connectivity index (χ4v) is 0.661. The van der Waals surface area contributed by atoms with Gasteiger partial charge in [-0.15, -0.1) is 6.07 Å². The zero-order chi connectivity index (χ0) is 13.5. The van der Waals surface area contributed by atoms with E-state index in [1.165, 1.54) is 12.8 Å². The molecule has 0 saturated heterocycles. The SMILES string of the molecule is CC(=O)Nc1[c-]cccc1.C[C-](C)C(C)(C)Cl.[Pd+2]. The molecular weight excluding hydrogens is 340 g/mol. The zero-order valence-electron chi connectivity index (χ0n) is 11.4. The summed E-state index contributed by atoms with van der Waals surface area (Å²) in [5, 5.41) is 2.61. The van der Waals surface area contributed by atoms with E-state index in [4.69, 9.17) is 11.6 Å². The fourth-order valence-electron chi connectivity index (χ4n) is 0.661. The van der Waals surface area contributed by atoms with Crippen molar-refractivity contribution in [1.29, 1.82) is 0 Å². The molecule has 0 atom stereocenters. The van der Waals surface area contributed by atoms with Crippen molar-refractivity contribution in [1.82, 2.24) is 0 Å². The molecule has 0 aliphatic rings. The molecule has 104 valence electrons. The van der Waals surface area contributed by atoms with Crippen molar-refractivity contribution in [3.63, 3.8) is 0 Å². The number of benzene rings is 1. The van der Waals surface area contributed by atoms with Gasteiger partial charge in [-0.25, -0.2) is 0 Å². The number of hydrogen-bond acceptors (Lipinski definition) is 1. The van der Waals surface area contributed by atoms with Crippen LogP contribution in [0.4, 0.5) is 5.69 Å². The first-order chi connectivity index (χ1) is 7.73. The molecule has 0 unspecified atom stereocenters. The Morgan fingerprint density at radius 1 is 1.39 bits per heavy atom. The third-order valence-electron chi connectivity index (χ3n) is 2.21. The monoisotopic (exact) mass is 359 g/mol. The first-order valence-corrected chi connectivity index (χ1v) is 5.85. The summed E-state index contributed by atoms with van der Waals surface area (Å²) in [5.41, 5.74) is 0.718. The Morgan fingerprint density at radius 2 is 1.89 bits per heavy atom. The normalized spacial score (nSPS) is 9.94. The molecule has 2 nitrogen and oxygen atoms in total. The Labute approximate surface area is 129 Å². The molecule has 4 heteroatoms. The molecule has 0 saturated carbocycles. The first kappa shape index (κ1) is 20.0. The van der Waals surface area contributed by atoms with Gasteiger partial charge in [-0.05, 0) is 0 Å². The van der Waals surface area contributed by atoms with Gasteiger partial charge in [0.05, 0.1) is 0 Å². The first-order valence-electron chi connectivity index (χ1n) is 5.47. The van der Waals surface area contributed by atoms with Gasteiger partial charge in [-0.2, -0.15) is 49.7 Å². The second-order valence-electron chi connectivity index (χ2n) is 4.43. The predicted molar refractivity (Wildman–Crippen MR) is 74.1 cm³/mol. The quantitative estimate of drug-likeness (QED) is 0.481. The summed E-state index contributed by atoms with van der Waals surface area (Å²) >= 11 is 5.83. The molecule has 1 aromatic carbocycles. The Morgan fingerprint density at radius 3 is 2.17 bits per heavy atom. The van der Waals surface area contributed by atoms with Crippen molar-refractivity contribution >= 4 is 23.2 Å². The van der Waals surface area contributed by atoms with Crippen LogP contribution in [0.2, 0.25) is 0 Å². The van der Waals surface area contributed by atoms with Crippen LogP contribution in [0.1, 0.15) is 34.6 Å².